The van der Waals surface area contributed by atoms with E-state index in [0.29, 0.717) is 16.6 Å². The minimum Gasteiger partial charge on any atom is -0.496 e. The molecule has 8 heteroatoms. The third-order valence-electron chi connectivity index (χ3n) is 2.53. The molecule has 2 rings (SSSR count). The van der Waals surface area contributed by atoms with Crippen LogP contribution in [0.3, 0.4) is 0 Å². The lowest BCUT2D eigenvalue weighted by Gasteiger charge is -2.13. The highest BCUT2D eigenvalue weighted by atomic mass is 32.1. The van der Waals surface area contributed by atoms with Gasteiger partial charge in [-0.15, -0.1) is 11.3 Å². The Labute approximate surface area is 131 Å². The predicted octanol–water partition coefficient (Wildman–Crippen LogP) is 2.29. The van der Waals surface area contributed by atoms with Crippen LogP contribution in [0.25, 0.3) is 0 Å². The number of anilines is 1. The Kier molecular flexibility index (Phi) is 5.07. The number of aromatic nitrogens is 1. The highest BCUT2D eigenvalue weighted by Crippen LogP contribution is 2.27. The van der Waals surface area contributed by atoms with E-state index in [1.807, 2.05) is 0 Å². The molecule has 0 bridgehead atoms. The molecule has 0 saturated carbocycles. The molecule has 2 N–H and O–H groups in total. The van der Waals surface area contributed by atoms with Gasteiger partial charge in [0.15, 0.2) is 10.2 Å². The first kappa shape index (κ1) is 15.2. The second-order valence-electron chi connectivity index (χ2n) is 3.78. The van der Waals surface area contributed by atoms with Crippen LogP contribution in [-0.2, 0) is 0 Å². The number of amides is 1. The van der Waals surface area contributed by atoms with E-state index in [-0.39, 0.29) is 10.7 Å². The molecule has 0 saturated heterocycles. The predicted molar refractivity (Wildman–Crippen MR) is 85.3 cm³/mol. The van der Waals surface area contributed by atoms with Crippen LogP contribution in [0.2, 0.25) is 0 Å². The van der Waals surface area contributed by atoms with Gasteiger partial charge in [-0.3, -0.25) is 10.1 Å². The standard InChI is InChI=1S/C13H13N3O3S2/c1-18-8-4-3-5-9(19-2)10(8)11(17)15-12(20)16-13-14-6-7-21-13/h3-7H,1-2H3,(H2,14,15,16,17,20). The number of benzene rings is 1. The van der Waals surface area contributed by atoms with E-state index in [0.717, 1.165) is 0 Å². The number of carbonyl (C=O) groups is 1. The number of thiazole rings is 1. The molecule has 1 heterocycles. The average Bonchev–Trinajstić information content (AvgIpc) is 2.98. The van der Waals surface area contributed by atoms with Gasteiger partial charge >= 0.3 is 0 Å². The van der Waals surface area contributed by atoms with Gasteiger partial charge in [0.25, 0.3) is 5.91 Å². The number of nitrogens with zero attached hydrogens (tertiary/aromatic N) is 1. The number of nitrogens with one attached hydrogen (secondary N) is 2. The molecule has 21 heavy (non-hydrogen) atoms. The van der Waals surface area contributed by atoms with Crippen molar-refractivity contribution in [3.05, 3.63) is 35.3 Å². The number of hydrogen-bond acceptors (Lipinski definition) is 6. The quantitative estimate of drug-likeness (QED) is 0.841. The zero-order valence-corrected chi connectivity index (χ0v) is 13.0. The molecule has 0 aliphatic carbocycles. The van der Waals surface area contributed by atoms with Gasteiger partial charge in [0.2, 0.25) is 0 Å². The lowest BCUT2D eigenvalue weighted by atomic mass is 10.1. The highest BCUT2D eigenvalue weighted by Gasteiger charge is 2.19. The van der Waals surface area contributed by atoms with E-state index in [2.05, 4.69) is 15.6 Å². The summed E-state index contributed by atoms with van der Waals surface area (Å²) in [7, 11) is 2.97. The number of ether oxygens (including phenoxy) is 2. The van der Waals surface area contributed by atoms with E-state index in [1.165, 1.54) is 25.6 Å². The number of methoxy groups -OCH3 is 2. The molecule has 0 radical (unpaired) electrons. The molecular weight excluding hydrogens is 310 g/mol. The van der Waals surface area contributed by atoms with Gasteiger partial charge in [-0.25, -0.2) is 4.98 Å². The van der Waals surface area contributed by atoms with Gasteiger partial charge in [0.1, 0.15) is 17.1 Å². The minimum atomic E-state index is -0.418. The summed E-state index contributed by atoms with van der Waals surface area (Å²) in [4.78, 5) is 16.4. The smallest absolute Gasteiger partial charge is 0.264 e. The molecule has 0 spiro atoms. The summed E-state index contributed by atoms with van der Waals surface area (Å²) in [5.41, 5.74) is 0.283. The molecule has 2 aromatic rings. The largest absolute Gasteiger partial charge is 0.496 e. The second kappa shape index (κ2) is 7.00. The van der Waals surface area contributed by atoms with E-state index in [1.54, 1.807) is 29.8 Å². The van der Waals surface area contributed by atoms with Crippen LogP contribution in [0, 0.1) is 0 Å². The fourth-order valence-electron chi connectivity index (χ4n) is 1.65. The Morgan fingerprint density at radius 2 is 1.95 bits per heavy atom. The van der Waals surface area contributed by atoms with E-state index >= 15 is 0 Å². The van der Waals surface area contributed by atoms with Crippen molar-refractivity contribution in [2.45, 2.75) is 0 Å². The highest BCUT2D eigenvalue weighted by molar-refractivity contribution is 7.80. The van der Waals surface area contributed by atoms with Gasteiger partial charge in [0.05, 0.1) is 14.2 Å². The zero-order chi connectivity index (χ0) is 15.2. The average molecular weight is 323 g/mol. The second-order valence-corrected chi connectivity index (χ2v) is 5.09. The third-order valence-corrected chi connectivity index (χ3v) is 3.43. The molecule has 6 nitrogen and oxygen atoms in total. The monoisotopic (exact) mass is 323 g/mol. The zero-order valence-electron chi connectivity index (χ0n) is 11.4. The van der Waals surface area contributed by atoms with Crippen molar-refractivity contribution in [1.29, 1.82) is 0 Å². The topological polar surface area (TPSA) is 72.5 Å². The molecule has 0 aliphatic rings. The SMILES string of the molecule is COc1cccc(OC)c1C(=O)NC(=S)Nc1nccs1. The van der Waals surface area contributed by atoms with Crippen molar-refractivity contribution < 1.29 is 14.3 Å². The van der Waals surface area contributed by atoms with Crippen LogP contribution >= 0.6 is 23.6 Å². The molecular formula is C13H13N3O3S2. The van der Waals surface area contributed by atoms with Gasteiger partial charge in [-0.05, 0) is 24.4 Å². The maximum absolute atomic E-state index is 12.3. The van der Waals surface area contributed by atoms with E-state index < -0.39 is 5.91 Å². The fraction of sp³-hybridized carbons (Fsp3) is 0.154. The summed E-state index contributed by atoms with van der Waals surface area (Å²) in [6, 6.07) is 5.09. The summed E-state index contributed by atoms with van der Waals surface area (Å²) < 4.78 is 10.4. The summed E-state index contributed by atoms with van der Waals surface area (Å²) >= 11 is 6.46. The molecule has 1 aromatic carbocycles. The summed E-state index contributed by atoms with van der Waals surface area (Å²) in [6.45, 7) is 0. The van der Waals surface area contributed by atoms with Crippen molar-refractivity contribution >= 4 is 39.7 Å². The van der Waals surface area contributed by atoms with Crippen molar-refractivity contribution in [2.24, 2.45) is 0 Å². The van der Waals surface area contributed by atoms with Crippen molar-refractivity contribution in [3.8, 4) is 11.5 Å². The third kappa shape index (κ3) is 3.67. The molecule has 0 fully saturated rings. The van der Waals surface area contributed by atoms with Gasteiger partial charge in [0, 0.05) is 11.6 Å². The maximum Gasteiger partial charge on any atom is 0.264 e. The Morgan fingerprint density at radius 1 is 1.29 bits per heavy atom. The normalized spacial score (nSPS) is 9.81. The Balaban J connectivity index is 2.14. The molecule has 1 amide bonds. The van der Waals surface area contributed by atoms with Crippen LogP contribution in [0.15, 0.2) is 29.8 Å². The van der Waals surface area contributed by atoms with Gasteiger partial charge in [-0.2, -0.15) is 0 Å². The first-order chi connectivity index (χ1) is 10.2. The number of carbonyl (C=O) groups excluding carboxylic acids is 1. The number of hydrogen-bond donors (Lipinski definition) is 2. The first-order valence-corrected chi connectivity index (χ1v) is 7.17. The van der Waals surface area contributed by atoms with E-state index in [4.69, 9.17) is 21.7 Å². The summed E-state index contributed by atoms with van der Waals surface area (Å²) in [5, 5.41) is 7.96. The van der Waals surface area contributed by atoms with Crippen LogP contribution in [0.4, 0.5) is 5.13 Å². The lowest BCUT2D eigenvalue weighted by molar-refractivity contribution is 0.0971. The first-order valence-electron chi connectivity index (χ1n) is 5.88. The van der Waals surface area contributed by atoms with Crippen molar-refractivity contribution in [1.82, 2.24) is 10.3 Å². The summed E-state index contributed by atoms with van der Waals surface area (Å²) in [5.74, 6) is 0.395. The molecule has 0 atom stereocenters. The van der Waals surface area contributed by atoms with Gasteiger partial charge < -0.3 is 14.8 Å². The molecule has 0 unspecified atom stereocenters. The van der Waals surface area contributed by atoms with E-state index in [9.17, 15) is 4.79 Å². The lowest BCUT2D eigenvalue weighted by Crippen LogP contribution is -2.34. The number of thiocarbonyl (C=S) groups is 1. The van der Waals surface area contributed by atoms with Crippen LogP contribution < -0.4 is 20.1 Å². The van der Waals surface area contributed by atoms with Crippen LogP contribution in [0.1, 0.15) is 10.4 Å². The Bertz CT molecular complexity index is 622. The van der Waals surface area contributed by atoms with Crippen molar-refractivity contribution in [2.75, 3.05) is 19.5 Å². The maximum atomic E-state index is 12.3. The van der Waals surface area contributed by atoms with Crippen molar-refractivity contribution in [3.63, 3.8) is 0 Å². The molecule has 110 valence electrons. The molecule has 1 aromatic heterocycles. The molecule has 0 aliphatic heterocycles. The Hall–Kier alpha value is -2.19. The van der Waals surface area contributed by atoms with Crippen LogP contribution in [-0.4, -0.2) is 30.2 Å². The van der Waals surface area contributed by atoms with Gasteiger partial charge in [-0.1, -0.05) is 6.07 Å². The summed E-state index contributed by atoms with van der Waals surface area (Å²) in [6.07, 6.45) is 1.64. The number of rotatable bonds is 4. The fourth-order valence-corrected chi connectivity index (χ4v) is 2.44. The Morgan fingerprint density at radius 3 is 2.48 bits per heavy atom. The van der Waals surface area contributed by atoms with Crippen LogP contribution in [0.5, 0.6) is 11.5 Å². The minimum absolute atomic E-state index is 0.155.